The third-order valence-corrected chi connectivity index (χ3v) is 7.74. The van der Waals surface area contributed by atoms with Crippen molar-refractivity contribution in [3.8, 4) is 0 Å². The largest absolute Gasteiger partial charge is 0.465 e. The number of ether oxygens (including phenoxy) is 1. The first-order valence-electron chi connectivity index (χ1n) is 8.18. The zero-order chi connectivity index (χ0) is 20.1. The number of methoxy groups -OCH3 is 1. The highest BCUT2D eigenvalue weighted by Crippen LogP contribution is 2.35. The molecule has 0 bridgehead atoms. The number of hydrogen-bond acceptors (Lipinski definition) is 7. The predicted octanol–water partition coefficient (Wildman–Crippen LogP) is 2.17. The molecule has 28 heavy (non-hydrogen) atoms. The highest BCUT2D eigenvalue weighted by Gasteiger charge is 2.34. The Morgan fingerprint density at radius 2 is 2.18 bits per heavy atom. The lowest BCUT2D eigenvalue weighted by Crippen LogP contribution is -2.38. The van der Waals surface area contributed by atoms with Gasteiger partial charge < -0.3 is 9.72 Å². The number of fused-ring (bicyclic) bond motifs is 2. The summed E-state index contributed by atoms with van der Waals surface area (Å²) >= 11 is 7.55. The summed E-state index contributed by atoms with van der Waals surface area (Å²) in [5.41, 5.74) is 2.44. The second kappa shape index (κ2) is 6.96. The highest BCUT2D eigenvalue weighted by molar-refractivity contribution is 7.89. The average Bonchev–Trinajstić information content (AvgIpc) is 3.14. The maximum absolute atomic E-state index is 13.4. The summed E-state index contributed by atoms with van der Waals surface area (Å²) in [5, 5.41) is 0.0823. The van der Waals surface area contributed by atoms with Gasteiger partial charge in [-0.15, -0.1) is 11.3 Å². The van der Waals surface area contributed by atoms with Crippen LogP contribution in [0.5, 0.6) is 0 Å². The molecule has 146 valence electrons. The summed E-state index contributed by atoms with van der Waals surface area (Å²) < 4.78 is 33.4. The fourth-order valence-corrected chi connectivity index (χ4v) is 6.08. The molecule has 0 aliphatic carbocycles. The van der Waals surface area contributed by atoms with E-state index >= 15 is 0 Å². The van der Waals surface area contributed by atoms with Crippen molar-refractivity contribution in [3.63, 3.8) is 0 Å². The number of thiazole rings is 1. The summed E-state index contributed by atoms with van der Waals surface area (Å²) in [7, 11) is -2.79. The van der Waals surface area contributed by atoms with Crippen molar-refractivity contribution in [3.05, 3.63) is 55.9 Å². The number of aromatic amines is 1. The van der Waals surface area contributed by atoms with Crippen LogP contribution in [0.4, 0.5) is 0 Å². The second-order valence-electron chi connectivity index (χ2n) is 6.16. The summed E-state index contributed by atoms with van der Waals surface area (Å²) in [6.07, 6.45) is 0.249. The van der Waals surface area contributed by atoms with E-state index in [9.17, 15) is 18.0 Å². The molecule has 0 saturated heterocycles. The van der Waals surface area contributed by atoms with Crippen LogP contribution in [0.3, 0.4) is 0 Å². The van der Waals surface area contributed by atoms with Crippen molar-refractivity contribution in [2.24, 2.45) is 0 Å². The Kier molecular flexibility index (Phi) is 4.74. The Bertz CT molecular complexity index is 1270. The number of esters is 1. The number of sulfonamides is 1. The lowest BCUT2D eigenvalue weighted by atomic mass is 10.0. The SMILES string of the molecule is COC(=O)c1cc(=O)[nH]c2c1CN(S(=O)(=O)c1c(Cl)ccc3scnc13)CC2. The van der Waals surface area contributed by atoms with Gasteiger partial charge in [0.15, 0.2) is 0 Å². The van der Waals surface area contributed by atoms with E-state index in [0.29, 0.717) is 21.5 Å². The van der Waals surface area contributed by atoms with Gasteiger partial charge in [0.2, 0.25) is 15.6 Å². The van der Waals surface area contributed by atoms with Gasteiger partial charge in [-0.25, -0.2) is 18.2 Å². The molecule has 0 amide bonds. The number of benzene rings is 1. The minimum Gasteiger partial charge on any atom is -0.465 e. The Hall–Kier alpha value is -2.27. The normalized spacial score (nSPS) is 14.8. The molecule has 1 aromatic carbocycles. The van der Waals surface area contributed by atoms with Crippen molar-refractivity contribution in [2.45, 2.75) is 17.9 Å². The number of H-pyrrole nitrogens is 1. The van der Waals surface area contributed by atoms with Gasteiger partial charge >= 0.3 is 5.97 Å². The first kappa shape index (κ1) is 19.1. The molecule has 0 unspecified atom stereocenters. The number of carbonyl (C=O) groups is 1. The first-order chi connectivity index (χ1) is 13.3. The van der Waals surface area contributed by atoms with Crippen molar-refractivity contribution in [1.29, 1.82) is 0 Å². The first-order valence-corrected chi connectivity index (χ1v) is 10.9. The van der Waals surface area contributed by atoms with E-state index in [1.165, 1.54) is 28.8 Å². The summed E-state index contributed by atoms with van der Waals surface area (Å²) in [5.74, 6) is -0.693. The number of pyridine rings is 1. The Labute approximate surface area is 168 Å². The number of nitrogens with zero attached hydrogens (tertiary/aromatic N) is 2. The number of hydrogen-bond donors (Lipinski definition) is 1. The van der Waals surface area contributed by atoms with Crippen molar-refractivity contribution in [1.82, 2.24) is 14.3 Å². The van der Waals surface area contributed by atoms with Crippen LogP contribution in [0, 0.1) is 0 Å². The van der Waals surface area contributed by atoms with Crippen LogP contribution in [0.1, 0.15) is 21.6 Å². The third-order valence-electron chi connectivity index (χ3n) is 4.60. The van der Waals surface area contributed by atoms with E-state index in [1.54, 1.807) is 11.6 Å². The fourth-order valence-electron chi connectivity index (χ4n) is 3.28. The van der Waals surface area contributed by atoms with E-state index in [1.807, 2.05) is 0 Å². The monoisotopic (exact) mass is 439 g/mol. The van der Waals surface area contributed by atoms with E-state index in [0.717, 1.165) is 6.07 Å². The van der Waals surface area contributed by atoms with Crippen LogP contribution < -0.4 is 5.56 Å². The van der Waals surface area contributed by atoms with Gasteiger partial charge in [0, 0.05) is 36.8 Å². The maximum Gasteiger partial charge on any atom is 0.338 e. The minimum atomic E-state index is -3.99. The lowest BCUT2D eigenvalue weighted by Gasteiger charge is -2.29. The van der Waals surface area contributed by atoms with Gasteiger partial charge in [-0.1, -0.05) is 11.6 Å². The van der Waals surface area contributed by atoms with E-state index in [4.69, 9.17) is 16.3 Å². The van der Waals surface area contributed by atoms with Crippen molar-refractivity contribution < 1.29 is 17.9 Å². The van der Waals surface area contributed by atoms with E-state index < -0.39 is 21.6 Å². The number of rotatable bonds is 3. The smallest absolute Gasteiger partial charge is 0.338 e. The number of nitrogens with one attached hydrogen (secondary N) is 1. The van der Waals surface area contributed by atoms with Gasteiger partial charge in [0.25, 0.3) is 0 Å². The van der Waals surface area contributed by atoms with Gasteiger partial charge in [0.05, 0.1) is 27.9 Å². The zero-order valence-electron chi connectivity index (χ0n) is 14.6. The number of halogens is 1. The topological polar surface area (TPSA) is 109 Å². The molecule has 3 aromatic rings. The molecule has 1 aliphatic heterocycles. The molecule has 2 aromatic heterocycles. The zero-order valence-corrected chi connectivity index (χ0v) is 16.9. The Morgan fingerprint density at radius 3 is 2.93 bits per heavy atom. The van der Waals surface area contributed by atoms with E-state index in [-0.39, 0.29) is 35.0 Å². The van der Waals surface area contributed by atoms with Gasteiger partial charge in [-0.2, -0.15) is 4.31 Å². The van der Waals surface area contributed by atoms with Gasteiger partial charge in [-0.3, -0.25) is 4.79 Å². The third kappa shape index (κ3) is 3.02. The van der Waals surface area contributed by atoms with Crippen LogP contribution in [0.2, 0.25) is 5.02 Å². The number of carbonyl (C=O) groups excluding carboxylic acids is 1. The van der Waals surface area contributed by atoms with Crippen LogP contribution in [-0.2, 0) is 27.7 Å². The summed E-state index contributed by atoms with van der Waals surface area (Å²) in [6, 6.07) is 4.37. The van der Waals surface area contributed by atoms with Crippen molar-refractivity contribution in [2.75, 3.05) is 13.7 Å². The fraction of sp³-hybridized carbons (Fsp3) is 0.235. The van der Waals surface area contributed by atoms with Gasteiger partial charge in [0.1, 0.15) is 10.4 Å². The standard InChI is InChI=1S/C17H14ClN3O5S2/c1-26-17(23)9-6-14(22)20-12-4-5-21(7-10(9)12)28(24,25)16-11(18)2-3-13-15(16)19-8-27-13/h2-3,6,8H,4-5,7H2,1H3,(H,20,22). The molecule has 8 nitrogen and oxygen atoms in total. The summed E-state index contributed by atoms with van der Waals surface area (Å²) in [4.78, 5) is 30.7. The van der Waals surface area contributed by atoms with Crippen molar-refractivity contribution >= 4 is 49.1 Å². The molecule has 0 radical (unpaired) electrons. The average molecular weight is 440 g/mol. The molecule has 1 aliphatic rings. The molecule has 0 atom stereocenters. The molecule has 4 rings (SSSR count). The molecule has 1 N–H and O–H groups in total. The molecular weight excluding hydrogens is 426 g/mol. The molecule has 11 heteroatoms. The second-order valence-corrected chi connectivity index (χ2v) is 9.33. The Morgan fingerprint density at radius 1 is 1.39 bits per heavy atom. The minimum absolute atomic E-state index is 0.0547. The quantitative estimate of drug-likeness (QED) is 0.626. The summed E-state index contributed by atoms with van der Waals surface area (Å²) in [6.45, 7) is 0.0441. The van der Waals surface area contributed by atoms with E-state index in [2.05, 4.69) is 9.97 Å². The maximum atomic E-state index is 13.4. The predicted molar refractivity (Wildman–Crippen MR) is 104 cm³/mol. The van der Waals surface area contributed by atoms with Crippen LogP contribution >= 0.6 is 22.9 Å². The van der Waals surface area contributed by atoms with Gasteiger partial charge in [-0.05, 0) is 12.1 Å². The number of aromatic nitrogens is 2. The highest BCUT2D eigenvalue weighted by atomic mass is 35.5. The molecule has 0 saturated carbocycles. The molecule has 0 fully saturated rings. The molecule has 3 heterocycles. The van der Waals surface area contributed by atoms with Crippen LogP contribution in [0.15, 0.2) is 33.4 Å². The van der Waals surface area contributed by atoms with Crippen LogP contribution in [0.25, 0.3) is 10.2 Å². The molecular formula is C17H14ClN3O5S2. The lowest BCUT2D eigenvalue weighted by molar-refractivity contribution is 0.0597. The Balaban J connectivity index is 1.83. The molecule has 0 spiro atoms. The van der Waals surface area contributed by atoms with Crippen LogP contribution in [-0.4, -0.2) is 42.3 Å².